The number of hydrogen-bond acceptors (Lipinski definition) is 4. The second-order valence-electron chi connectivity index (χ2n) is 35.9. The highest BCUT2D eigenvalue weighted by atomic mass is 32.1. The summed E-state index contributed by atoms with van der Waals surface area (Å²) in [7, 11) is -9.67. The fraction of sp³-hybridized carbons (Fsp3) is 0.0323. The lowest BCUT2D eigenvalue weighted by Crippen LogP contribution is -2.72. The molecule has 28 rings (SSSR count). The van der Waals surface area contributed by atoms with Crippen molar-refractivity contribution in [2.45, 2.75) is 27.7 Å². The molecule has 2 unspecified atom stereocenters. The van der Waals surface area contributed by atoms with E-state index in [1.807, 2.05) is 45.3 Å². The van der Waals surface area contributed by atoms with Crippen LogP contribution in [0, 0.1) is 27.7 Å². The average molecular weight is 1820 g/mol. The summed E-state index contributed by atoms with van der Waals surface area (Å²) >= 11 is 7.78. The molecule has 132 heavy (non-hydrogen) atoms. The summed E-state index contributed by atoms with van der Waals surface area (Å²) in [4.78, 5) is 0. The molecule has 624 valence electrons. The third-order valence-corrected chi connectivity index (χ3v) is 53.2. The van der Waals surface area contributed by atoms with Crippen LogP contribution >= 0.6 is 45.3 Å². The number of rotatable bonds is 8. The molecule has 0 spiro atoms. The third-order valence-electron chi connectivity index (χ3n) is 28.9. The largest absolute Gasteiger partial charge is 0.180 e. The molecule has 0 bridgehead atoms. The first-order chi connectivity index (χ1) is 65.1. The van der Waals surface area contributed by atoms with Gasteiger partial charge < -0.3 is 0 Å². The van der Waals surface area contributed by atoms with Crippen LogP contribution in [-0.2, 0) is 0 Å². The van der Waals surface area contributed by atoms with E-state index in [2.05, 4.69) is 489 Å². The SMILES string of the molecule is Cc1cc2c(c3c1sc1ccccc13)-c1ccccc1[Si]2(c1ccccc1)c1ccccc1.Cc1ccc([Si]2(c3ccccc3)c3ccccc3-c3c2ccc2c3sc3ccccc32)cc1.Cc1ccc2c(c1)[Si](c1ccccc1)(c1ccccc1)c1ccc3c(sc4ccccc43)c1-2.Cc1cccc([Si]2(c3ccccc3)c3ccccc3-c3c2ccc2c3sc3ccccc32)c1. The maximum absolute atomic E-state index is 2.53. The van der Waals surface area contributed by atoms with E-state index in [-0.39, 0.29) is 0 Å². The number of aryl methyl sites for hydroxylation is 4. The van der Waals surface area contributed by atoms with Crippen LogP contribution in [-0.4, -0.2) is 32.3 Å². The van der Waals surface area contributed by atoms with Gasteiger partial charge in [-0.05, 0) is 185 Å². The molecule has 24 aromatic rings. The molecule has 4 aliphatic heterocycles. The van der Waals surface area contributed by atoms with Gasteiger partial charge in [-0.2, -0.15) is 0 Å². The topological polar surface area (TPSA) is 0 Å². The molecule has 20 aromatic carbocycles. The van der Waals surface area contributed by atoms with E-state index in [1.165, 1.54) is 230 Å². The summed E-state index contributed by atoms with van der Waals surface area (Å²) in [5.41, 5.74) is 16.9. The van der Waals surface area contributed by atoms with Crippen LogP contribution in [0.2, 0.25) is 0 Å². The van der Waals surface area contributed by atoms with Gasteiger partial charge >= 0.3 is 0 Å². The highest BCUT2D eigenvalue weighted by Crippen LogP contribution is 2.48. The summed E-state index contributed by atoms with van der Waals surface area (Å²) in [5.74, 6) is 0. The number of fused-ring (bicyclic) bond motifs is 28. The molecule has 0 fully saturated rings. The second-order valence-corrected chi connectivity index (χ2v) is 55.1. The highest BCUT2D eigenvalue weighted by Gasteiger charge is 2.54. The minimum atomic E-state index is -2.43. The van der Waals surface area contributed by atoms with Crippen molar-refractivity contribution in [3.8, 4) is 44.5 Å². The van der Waals surface area contributed by atoms with Gasteiger partial charge in [-0.25, -0.2) is 0 Å². The van der Waals surface area contributed by atoms with E-state index in [0.29, 0.717) is 0 Å². The first-order valence-corrected chi connectivity index (χ1v) is 57.1. The molecule has 0 radical (unpaired) electrons. The molecule has 8 heteroatoms. The summed E-state index contributed by atoms with van der Waals surface area (Å²) in [6.07, 6.45) is 0. The van der Waals surface area contributed by atoms with Gasteiger partial charge in [0, 0.05) is 80.7 Å². The van der Waals surface area contributed by atoms with Gasteiger partial charge in [-0.15, -0.1) is 45.3 Å². The van der Waals surface area contributed by atoms with E-state index >= 15 is 0 Å². The fourth-order valence-electron chi connectivity index (χ4n) is 23.6. The van der Waals surface area contributed by atoms with E-state index < -0.39 is 32.3 Å². The maximum atomic E-state index is 2.53. The van der Waals surface area contributed by atoms with Gasteiger partial charge in [0.05, 0.1) is 0 Å². The van der Waals surface area contributed by atoms with Gasteiger partial charge in [0.25, 0.3) is 0 Å². The lowest BCUT2D eigenvalue weighted by molar-refractivity contribution is 1.49. The minimum absolute atomic E-state index is 1.31. The number of hydrogen-bond donors (Lipinski definition) is 0. The Hall–Kier alpha value is -13.9. The Morgan fingerprint density at radius 3 is 0.848 bits per heavy atom. The van der Waals surface area contributed by atoms with Crippen LogP contribution in [0.1, 0.15) is 22.3 Å². The zero-order chi connectivity index (χ0) is 88.0. The fourth-order valence-corrected chi connectivity index (χ4v) is 49.8. The number of benzene rings is 20. The van der Waals surface area contributed by atoms with E-state index in [1.54, 1.807) is 0 Å². The number of thiophene rings is 4. The standard InChI is InChI=1S/4C31H22SSi/c1-21-20-28-29(30-24-16-8-10-18-26(24)32-31(21)30)25-17-9-11-19-27(25)33(28,22-12-4-2-5-13-22)23-14-6-3-7-15-23;1-21-16-17-26-29(20-21)33(22-10-4-2-5-11-22,23-12-6-3-7-13-23)28-19-18-25-24-14-8-9-15-27(24)32-31(25)30(26)28;1-21-10-9-13-23(20-21)33(22-11-3-2-4-12-22)28-17-8-6-15-26(28)30-29(33)19-18-25-24-14-5-7-16-27(24)32-31(25)30;1-21-15-17-23(18-16-21)33(22-9-3-2-4-10-22)28-14-8-6-12-26(28)30-29(33)20-19-25-24-11-5-7-13-27(24)32-31(25)30/h4*2-20H,1H3. The summed E-state index contributed by atoms with van der Waals surface area (Å²) in [5, 5.41) is 35.0. The van der Waals surface area contributed by atoms with Crippen molar-refractivity contribution in [1.82, 2.24) is 0 Å². The van der Waals surface area contributed by atoms with Crippen molar-refractivity contribution >= 4 is 241 Å². The molecule has 0 nitrogen and oxygen atoms in total. The Balaban J connectivity index is 0.0000000945. The van der Waals surface area contributed by atoms with Crippen molar-refractivity contribution in [3.63, 3.8) is 0 Å². The van der Waals surface area contributed by atoms with Crippen molar-refractivity contribution in [1.29, 1.82) is 0 Å². The summed E-state index contributed by atoms with van der Waals surface area (Å²) in [6, 6.07) is 173. The van der Waals surface area contributed by atoms with Crippen LogP contribution in [0.25, 0.3) is 125 Å². The first kappa shape index (κ1) is 80.2. The van der Waals surface area contributed by atoms with Crippen molar-refractivity contribution in [3.05, 3.63) is 483 Å². The van der Waals surface area contributed by atoms with Crippen LogP contribution < -0.4 is 83.0 Å². The van der Waals surface area contributed by atoms with Crippen LogP contribution in [0.3, 0.4) is 0 Å². The minimum Gasteiger partial charge on any atom is -0.135 e. The van der Waals surface area contributed by atoms with Crippen LogP contribution in [0.5, 0.6) is 0 Å². The first-order valence-electron chi connectivity index (χ1n) is 45.8. The molecule has 0 amide bonds. The Morgan fingerprint density at radius 2 is 0.447 bits per heavy atom. The zero-order valence-corrected chi connectivity index (χ0v) is 80.8. The van der Waals surface area contributed by atoms with E-state index in [0.717, 1.165) is 0 Å². The molecular weight excluding hydrogens is 1730 g/mol. The molecule has 4 aromatic heterocycles. The maximum Gasteiger partial charge on any atom is 0.180 e. The molecule has 8 heterocycles. The smallest absolute Gasteiger partial charge is 0.135 e. The molecule has 4 aliphatic rings. The van der Waals surface area contributed by atoms with Crippen molar-refractivity contribution < 1.29 is 0 Å². The molecule has 0 saturated carbocycles. The third kappa shape index (κ3) is 11.9. The van der Waals surface area contributed by atoms with Gasteiger partial charge in [-0.1, -0.05) is 453 Å². The molecule has 2 atom stereocenters. The zero-order valence-electron chi connectivity index (χ0n) is 73.5. The Labute approximate surface area is 789 Å². The van der Waals surface area contributed by atoms with Gasteiger partial charge in [0.15, 0.2) is 32.3 Å². The lowest BCUT2D eigenvalue weighted by atomic mass is 9.98. The normalized spacial score (nSPS) is 15.3. The molecule has 0 saturated heterocycles. The van der Waals surface area contributed by atoms with Gasteiger partial charge in [0.2, 0.25) is 0 Å². The monoisotopic (exact) mass is 1820 g/mol. The van der Waals surface area contributed by atoms with E-state index in [4.69, 9.17) is 0 Å². The lowest BCUT2D eigenvalue weighted by Gasteiger charge is -2.31. The van der Waals surface area contributed by atoms with Crippen molar-refractivity contribution in [2.75, 3.05) is 0 Å². The molecule has 0 aliphatic carbocycles. The predicted molar refractivity (Wildman–Crippen MR) is 587 cm³/mol. The Kier molecular flexibility index (Phi) is 19.5. The second kappa shape index (κ2) is 32.0. The molecule has 0 N–H and O–H groups in total. The Bertz CT molecular complexity index is 8560. The van der Waals surface area contributed by atoms with Crippen LogP contribution in [0.4, 0.5) is 0 Å². The quantitative estimate of drug-likeness (QED) is 0.133. The summed E-state index contributed by atoms with van der Waals surface area (Å²) < 4.78 is 11.2. The van der Waals surface area contributed by atoms with Crippen molar-refractivity contribution in [2.24, 2.45) is 0 Å². The average Bonchev–Trinajstić information content (AvgIpc) is 1.52. The van der Waals surface area contributed by atoms with Crippen LogP contribution in [0.15, 0.2) is 461 Å². The molecular formula is C124H88S4Si4. The van der Waals surface area contributed by atoms with Gasteiger partial charge in [0.1, 0.15) is 0 Å². The predicted octanol–water partition coefficient (Wildman–Crippen LogP) is 22.9. The van der Waals surface area contributed by atoms with Gasteiger partial charge in [-0.3, -0.25) is 0 Å². The Morgan fingerprint density at radius 1 is 0.159 bits per heavy atom. The van der Waals surface area contributed by atoms with E-state index in [9.17, 15) is 0 Å². The highest BCUT2D eigenvalue weighted by molar-refractivity contribution is 7.31. The summed E-state index contributed by atoms with van der Waals surface area (Å²) in [6.45, 7) is 8.93.